The minimum absolute atomic E-state index is 0.0894. The van der Waals surface area contributed by atoms with Crippen LogP contribution in [0.4, 0.5) is 0 Å². The Morgan fingerprint density at radius 1 is 1.50 bits per heavy atom. The van der Waals surface area contributed by atoms with Crippen molar-refractivity contribution >= 4 is 0 Å². The van der Waals surface area contributed by atoms with Crippen LogP contribution in [0.2, 0.25) is 0 Å². The molecule has 0 saturated carbocycles. The standard InChI is InChI=1S/C9H16N2O/c10-8(4-1-2-7-12)9-5-3-6-11-9/h3,5-6,8,11-12H,1-2,4,7,10H2/t8-/m1/s1. The van der Waals surface area contributed by atoms with Crippen LogP contribution >= 0.6 is 0 Å². The zero-order valence-corrected chi connectivity index (χ0v) is 7.16. The summed E-state index contributed by atoms with van der Waals surface area (Å²) < 4.78 is 0. The minimum Gasteiger partial charge on any atom is -0.396 e. The normalized spacial score (nSPS) is 13.2. The van der Waals surface area contributed by atoms with Gasteiger partial charge in [-0.15, -0.1) is 0 Å². The molecule has 0 amide bonds. The number of aromatic amines is 1. The van der Waals surface area contributed by atoms with Gasteiger partial charge < -0.3 is 15.8 Å². The summed E-state index contributed by atoms with van der Waals surface area (Å²) in [5.41, 5.74) is 6.94. The molecule has 1 heterocycles. The first-order chi connectivity index (χ1) is 5.84. The summed E-state index contributed by atoms with van der Waals surface area (Å²) in [6, 6.07) is 4.02. The zero-order chi connectivity index (χ0) is 8.81. The summed E-state index contributed by atoms with van der Waals surface area (Å²) in [5, 5.41) is 8.56. The predicted octanol–water partition coefficient (Wildman–Crippen LogP) is 1.18. The molecule has 0 aliphatic carbocycles. The Morgan fingerprint density at radius 2 is 2.33 bits per heavy atom. The Labute approximate surface area is 72.6 Å². The van der Waals surface area contributed by atoms with Crippen LogP contribution in [0.25, 0.3) is 0 Å². The lowest BCUT2D eigenvalue weighted by Gasteiger charge is -2.08. The first kappa shape index (κ1) is 9.29. The molecule has 1 rings (SSSR count). The first-order valence-corrected chi connectivity index (χ1v) is 4.34. The van der Waals surface area contributed by atoms with Crippen molar-refractivity contribution in [1.82, 2.24) is 4.98 Å². The topological polar surface area (TPSA) is 62.0 Å². The third-order valence-electron chi connectivity index (χ3n) is 1.94. The number of rotatable bonds is 5. The highest BCUT2D eigenvalue weighted by molar-refractivity contribution is 5.07. The Hall–Kier alpha value is -0.800. The molecule has 0 fully saturated rings. The second-order valence-electron chi connectivity index (χ2n) is 2.95. The lowest BCUT2D eigenvalue weighted by molar-refractivity contribution is 0.281. The van der Waals surface area contributed by atoms with Crippen LogP contribution in [-0.2, 0) is 0 Å². The van der Waals surface area contributed by atoms with Crippen LogP contribution in [0.5, 0.6) is 0 Å². The van der Waals surface area contributed by atoms with E-state index in [1.807, 2.05) is 18.3 Å². The van der Waals surface area contributed by atoms with Gasteiger partial charge in [0, 0.05) is 24.5 Å². The molecule has 12 heavy (non-hydrogen) atoms. The SMILES string of the molecule is N[C@H](CCCCO)c1ccc[nH]1. The van der Waals surface area contributed by atoms with Gasteiger partial charge in [0.1, 0.15) is 0 Å². The fraction of sp³-hybridized carbons (Fsp3) is 0.556. The van der Waals surface area contributed by atoms with Gasteiger partial charge in [-0.25, -0.2) is 0 Å². The molecule has 0 aromatic carbocycles. The van der Waals surface area contributed by atoms with Crippen molar-refractivity contribution in [1.29, 1.82) is 0 Å². The molecule has 3 heteroatoms. The van der Waals surface area contributed by atoms with Gasteiger partial charge in [0.05, 0.1) is 0 Å². The van der Waals surface area contributed by atoms with E-state index < -0.39 is 0 Å². The molecule has 3 nitrogen and oxygen atoms in total. The third kappa shape index (κ3) is 2.68. The quantitative estimate of drug-likeness (QED) is 0.578. The molecule has 0 spiro atoms. The van der Waals surface area contributed by atoms with Crippen molar-refractivity contribution in [3.8, 4) is 0 Å². The summed E-state index contributed by atoms with van der Waals surface area (Å²) >= 11 is 0. The maximum absolute atomic E-state index is 8.56. The van der Waals surface area contributed by atoms with Crippen molar-refractivity contribution in [2.24, 2.45) is 5.73 Å². The Bertz CT molecular complexity index is 196. The number of hydrogen-bond acceptors (Lipinski definition) is 2. The second kappa shape index (κ2) is 4.95. The van der Waals surface area contributed by atoms with Gasteiger partial charge >= 0.3 is 0 Å². The second-order valence-corrected chi connectivity index (χ2v) is 2.95. The highest BCUT2D eigenvalue weighted by Gasteiger charge is 2.04. The van der Waals surface area contributed by atoms with Crippen LogP contribution in [0.1, 0.15) is 31.0 Å². The van der Waals surface area contributed by atoms with Crippen molar-refractivity contribution in [3.05, 3.63) is 24.0 Å². The number of H-pyrrole nitrogens is 1. The van der Waals surface area contributed by atoms with Gasteiger partial charge in [0.15, 0.2) is 0 Å². The minimum atomic E-state index is 0.0894. The molecule has 0 aliphatic rings. The first-order valence-electron chi connectivity index (χ1n) is 4.34. The molecular weight excluding hydrogens is 152 g/mol. The van der Waals surface area contributed by atoms with Crippen LogP contribution in [0.3, 0.4) is 0 Å². The molecule has 1 aromatic rings. The third-order valence-corrected chi connectivity index (χ3v) is 1.94. The van der Waals surface area contributed by atoms with E-state index >= 15 is 0 Å². The molecule has 0 radical (unpaired) electrons. The van der Waals surface area contributed by atoms with E-state index in [-0.39, 0.29) is 12.6 Å². The van der Waals surface area contributed by atoms with Crippen LogP contribution in [0.15, 0.2) is 18.3 Å². The number of aromatic nitrogens is 1. The van der Waals surface area contributed by atoms with Crippen LogP contribution < -0.4 is 5.73 Å². The number of nitrogens with two attached hydrogens (primary N) is 1. The number of hydrogen-bond donors (Lipinski definition) is 3. The Morgan fingerprint density at radius 3 is 2.92 bits per heavy atom. The van der Waals surface area contributed by atoms with Crippen molar-refractivity contribution in [2.75, 3.05) is 6.61 Å². The summed E-state index contributed by atoms with van der Waals surface area (Å²) in [7, 11) is 0. The number of unbranched alkanes of at least 4 members (excludes halogenated alkanes) is 1. The Balaban J connectivity index is 2.25. The van der Waals surface area contributed by atoms with Crippen molar-refractivity contribution in [2.45, 2.75) is 25.3 Å². The molecular formula is C9H16N2O. The van der Waals surface area contributed by atoms with Crippen LogP contribution in [-0.4, -0.2) is 16.7 Å². The van der Waals surface area contributed by atoms with E-state index in [1.54, 1.807) is 0 Å². The maximum Gasteiger partial charge on any atom is 0.0447 e. The molecule has 4 N–H and O–H groups in total. The van der Waals surface area contributed by atoms with Gasteiger partial charge in [-0.1, -0.05) is 0 Å². The fourth-order valence-corrected chi connectivity index (χ4v) is 1.21. The lowest BCUT2D eigenvalue weighted by atomic mass is 10.1. The summed E-state index contributed by atoms with van der Waals surface area (Å²) in [6.45, 7) is 0.261. The van der Waals surface area contributed by atoms with Gasteiger partial charge in [-0.3, -0.25) is 0 Å². The monoisotopic (exact) mass is 168 g/mol. The van der Waals surface area contributed by atoms with E-state index in [9.17, 15) is 0 Å². The number of aliphatic hydroxyl groups excluding tert-OH is 1. The fourth-order valence-electron chi connectivity index (χ4n) is 1.21. The van der Waals surface area contributed by atoms with E-state index in [2.05, 4.69) is 4.98 Å². The zero-order valence-electron chi connectivity index (χ0n) is 7.16. The van der Waals surface area contributed by atoms with Crippen molar-refractivity contribution < 1.29 is 5.11 Å². The summed E-state index contributed by atoms with van der Waals surface area (Å²) in [5.74, 6) is 0. The highest BCUT2D eigenvalue weighted by atomic mass is 16.2. The Kier molecular flexibility index (Phi) is 3.84. The number of nitrogens with one attached hydrogen (secondary N) is 1. The summed E-state index contributed by atoms with van der Waals surface area (Å²) in [6.07, 6.45) is 4.63. The van der Waals surface area contributed by atoms with E-state index in [4.69, 9.17) is 10.8 Å². The molecule has 0 aliphatic heterocycles. The van der Waals surface area contributed by atoms with Gasteiger partial charge in [0.25, 0.3) is 0 Å². The van der Waals surface area contributed by atoms with Crippen LogP contribution in [0, 0.1) is 0 Å². The van der Waals surface area contributed by atoms with Crippen molar-refractivity contribution in [3.63, 3.8) is 0 Å². The van der Waals surface area contributed by atoms with E-state index in [0.29, 0.717) is 0 Å². The molecule has 1 atom stereocenters. The largest absolute Gasteiger partial charge is 0.396 e. The molecule has 0 saturated heterocycles. The predicted molar refractivity (Wildman–Crippen MR) is 48.7 cm³/mol. The highest BCUT2D eigenvalue weighted by Crippen LogP contribution is 2.13. The molecule has 0 bridgehead atoms. The van der Waals surface area contributed by atoms with Gasteiger partial charge in [-0.2, -0.15) is 0 Å². The van der Waals surface area contributed by atoms with E-state index in [1.165, 1.54) is 0 Å². The lowest BCUT2D eigenvalue weighted by Crippen LogP contribution is -2.10. The molecule has 1 aromatic heterocycles. The molecule has 0 unspecified atom stereocenters. The average Bonchev–Trinajstić information content (AvgIpc) is 2.56. The molecule has 68 valence electrons. The van der Waals surface area contributed by atoms with Gasteiger partial charge in [0.2, 0.25) is 0 Å². The maximum atomic E-state index is 8.56. The van der Waals surface area contributed by atoms with Gasteiger partial charge in [-0.05, 0) is 31.4 Å². The smallest absolute Gasteiger partial charge is 0.0447 e. The summed E-state index contributed by atoms with van der Waals surface area (Å²) in [4.78, 5) is 3.08. The number of aliphatic hydroxyl groups is 1. The average molecular weight is 168 g/mol. The van der Waals surface area contributed by atoms with E-state index in [0.717, 1.165) is 25.0 Å².